The molecule has 1 fully saturated rings. The number of methoxy groups -OCH3 is 1. The van der Waals surface area contributed by atoms with Crippen molar-refractivity contribution in [2.75, 3.05) is 13.7 Å². The van der Waals surface area contributed by atoms with Gasteiger partial charge >= 0.3 is 0 Å². The van der Waals surface area contributed by atoms with Gasteiger partial charge in [-0.25, -0.2) is 5.43 Å². The van der Waals surface area contributed by atoms with E-state index < -0.39 is 0 Å². The maximum atomic E-state index is 12.7. The molecule has 0 radical (unpaired) electrons. The van der Waals surface area contributed by atoms with E-state index in [9.17, 15) is 4.79 Å². The zero-order chi connectivity index (χ0) is 18.3. The van der Waals surface area contributed by atoms with E-state index in [1.165, 1.54) is 0 Å². The van der Waals surface area contributed by atoms with E-state index in [-0.39, 0.29) is 11.9 Å². The minimum absolute atomic E-state index is 0.193. The molecule has 2 aromatic rings. The number of amides is 1. The number of furan rings is 1. The largest absolute Gasteiger partial charge is 0.496 e. The fraction of sp³-hybridized carbons (Fsp3) is 0.421. The summed E-state index contributed by atoms with van der Waals surface area (Å²) in [6, 6.07) is 5.96. The van der Waals surface area contributed by atoms with E-state index in [0.29, 0.717) is 18.2 Å². The van der Waals surface area contributed by atoms with Crippen molar-refractivity contribution in [2.24, 2.45) is 5.92 Å². The molecule has 6 nitrogen and oxygen atoms in total. The van der Waals surface area contributed by atoms with Gasteiger partial charge in [-0.05, 0) is 37.5 Å². The Morgan fingerprint density at radius 2 is 2.31 bits per heavy atom. The van der Waals surface area contributed by atoms with Gasteiger partial charge in [-0.15, -0.1) is 0 Å². The van der Waals surface area contributed by atoms with Gasteiger partial charge in [0.2, 0.25) is 0 Å². The van der Waals surface area contributed by atoms with Crippen LogP contribution in [0.2, 0.25) is 0 Å². The zero-order valence-corrected chi connectivity index (χ0v) is 16.4. The highest BCUT2D eigenvalue weighted by Crippen LogP contribution is 2.40. The van der Waals surface area contributed by atoms with E-state index in [1.54, 1.807) is 7.11 Å². The third kappa shape index (κ3) is 3.04. The molecular formula is C19H22BrN3O3. The first-order chi connectivity index (χ1) is 12.6. The van der Waals surface area contributed by atoms with E-state index in [0.717, 1.165) is 52.1 Å². The average Bonchev–Trinajstić information content (AvgIpc) is 3.24. The first kappa shape index (κ1) is 17.6. The lowest BCUT2D eigenvalue weighted by atomic mass is 9.83. The SMILES string of the molecule is COc1ccc(Br)cc1CNC(=O)c1oc2c(c1C)C1NNCC1CC2. The topological polar surface area (TPSA) is 75.5 Å². The van der Waals surface area contributed by atoms with Gasteiger partial charge in [0, 0.05) is 40.7 Å². The Balaban J connectivity index is 1.54. The first-order valence-corrected chi connectivity index (χ1v) is 9.59. The van der Waals surface area contributed by atoms with Gasteiger partial charge in [0.15, 0.2) is 5.76 Å². The maximum Gasteiger partial charge on any atom is 0.287 e. The van der Waals surface area contributed by atoms with Crippen molar-refractivity contribution >= 4 is 21.8 Å². The molecule has 26 heavy (non-hydrogen) atoms. The third-order valence-electron chi connectivity index (χ3n) is 5.30. The quantitative estimate of drug-likeness (QED) is 0.709. The van der Waals surface area contributed by atoms with Crippen molar-refractivity contribution in [3.8, 4) is 5.75 Å². The van der Waals surface area contributed by atoms with Crippen molar-refractivity contribution < 1.29 is 13.9 Å². The molecule has 1 aliphatic carbocycles. The molecule has 1 amide bonds. The highest BCUT2D eigenvalue weighted by Gasteiger charge is 2.38. The predicted molar refractivity (Wildman–Crippen MR) is 101 cm³/mol. The third-order valence-corrected chi connectivity index (χ3v) is 5.80. The fourth-order valence-electron chi connectivity index (χ4n) is 3.97. The summed E-state index contributed by atoms with van der Waals surface area (Å²) in [5, 5.41) is 2.96. The second kappa shape index (κ2) is 7.06. The molecule has 4 rings (SSSR count). The second-order valence-corrected chi connectivity index (χ2v) is 7.75. The smallest absolute Gasteiger partial charge is 0.287 e. The molecule has 1 aliphatic heterocycles. The van der Waals surface area contributed by atoms with Crippen LogP contribution in [-0.4, -0.2) is 19.6 Å². The number of aryl methyl sites for hydroxylation is 1. The molecule has 2 atom stereocenters. The van der Waals surface area contributed by atoms with Crippen LogP contribution in [0.1, 0.15) is 45.5 Å². The van der Waals surface area contributed by atoms with Crippen molar-refractivity contribution in [1.29, 1.82) is 0 Å². The van der Waals surface area contributed by atoms with E-state index in [2.05, 4.69) is 32.1 Å². The number of benzene rings is 1. The Hall–Kier alpha value is -1.83. The van der Waals surface area contributed by atoms with Gasteiger partial charge in [-0.3, -0.25) is 10.2 Å². The molecular weight excluding hydrogens is 398 g/mol. The highest BCUT2D eigenvalue weighted by molar-refractivity contribution is 9.10. The number of carbonyl (C=O) groups excluding carboxylic acids is 1. The summed E-state index contributed by atoms with van der Waals surface area (Å²) in [4.78, 5) is 12.7. The van der Waals surface area contributed by atoms with Gasteiger partial charge in [-0.1, -0.05) is 15.9 Å². The van der Waals surface area contributed by atoms with Gasteiger partial charge < -0.3 is 14.5 Å². The predicted octanol–water partition coefficient (Wildman–Crippen LogP) is 3.00. The summed E-state index contributed by atoms with van der Waals surface area (Å²) in [5.74, 6) is 2.46. The Bertz CT molecular complexity index is 849. The molecule has 0 spiro atoms. The van der Waals surface area contributed by atoms with Gasteiger partial charge in [-0.2, -0.15) is 0 Å². The summed E-state index contributed by atoms with van der Waals surface area (Å²) >= 11 is 3.45. The Kier molecular flexibility index (Phi) is 4.77. The monoisotopic (exact) mass is 419 g/mol. The molecule has 0 bridgehead atoms. The van der Waals surface area contributed by atoms with Gasteiger partial charge in [0.25, 0.3) is 5.91 Å². The lowest BCUT2D eigenvalue weighted by Gasteiger charge is -2.23. The maximum absolute atomic E-state index is 12.7. The van der Waals surface area contributed by atoms with Gasteiger partial charge in [0.1, 0.15) is 11.5 Å². The van der Waals surface area contributed by atoms with Crippen LogP contribution in [0.25, 0.3) is 0 Å². The van der Waals surface area contributed by atoms with Crippen LogP contribution in [0.4, 0.5) is 0 Å². The minimum Gasteiger partial charge on any atom is -0.496 e. The summed E-state index contributed by atoms with van der Waals surface area (Å²) < 4.78 is 12.3. The highest BCUT2D eigenvalue weighted by atomic mass is 79.9. The molecule has 1 saturated heterocycles. The van der Waals surface area contributed by atoms with Crippen LogP contribution in [0.15, 0.2) is 27.1 Å². The molecule has 2 heterocycles. The molecule has 3 N–H and O–H groups in total. The minimum atomic E-state index is -0.193. The van der Waals surface area contributed by atoms with Gasteiger partial charge in [0.05, 0.1) is 13.2 Å². The molecule has 2 aliphatic rings. The van der Waals surface area contributed by atoms with Crippen LogP contribution < -0.4 is 20.9 Å². The normalized spacial score (nSPS) is 21.2. The van der Waals surface area contributed by atoms with E-state index in [4.69, 9.17) is 9.15 Å². The Morgan fingerprint density at radius 1 is 1.46 bits per heavy atom. The first-order valence-electron chi connectivity index (χ1n) is 8.79. The lowest BCUT2D eigenvalue weighted by molar-refractivity contribution is 0.0920. The summed E-state index contributed by atoms with van der Waals surface area (Å²) in [6.45, 7) is 3.30. The number of hydrazine groups is 1. The molecule has 7 heteroatoms. The molecule has 1 aromatic carbocycles. The Labute approximate surface area is 160 Å². The molecule has 0 saturated carbocycles. The van der Waals surface area contributed by atoms with Crippen LogP contribution in [-0.2, 0) is 13.0 Å². The van der Waals surface area contributed by atoms with E-state index >= 15 is 0 Å². The number of nitrogens with one attached hydrogen (secondary N) is 3. The molecule has 138 valence electrons. The van der Waals surface area contributed by atoms with E-state index in [1.807, 2.05) is 25.1 Å². The summed E-state index contributed by atoms with van der Waals surface area (Å²) in [5.41, 5.74) is 9.54. The average molecular weight is 420 g/mol. The summed E-state index contributed by atoms with van der Waals surface area (Å²) in [7, 11) is 1.62. The number of rotatable bonds is 4. The number of carbonyl (C=O) groups is 1. The van der Waals surface area contributed by atoms with Crippen molar-refractivity contribution in [1.82, 2.24) is 16.2 Å². The fourth-order valence-corrected chi connectivity index (χ4v) is 4.37. The zero-order valence-electron chi connectivity index (χ0n) is 14.8. The number of hydrogen-bond donors (Lipinski definition) is 3. The summed E-state index contributed by atoms with van der Waals surface area (Å²) in [6.07, 6.45) is 1.95. The van der Waals surface area contributed by atoms with Crippen LogP contribution >= 0.6 is 15.9 Å². The van der Waals surface area contributed by atoms with Crippen LogP contribution in [0, 0.1) is 12.8 Å². The Morgan fingerprint density at radius 3 is 3.12 bits per heavy atom. The number of ether oxygens (including phenoxy) is 1. The van der Waals surface area contributed by atoms with Crippen molar-refractivity contribution in [3.05, 3.63) is 50.9 Å². The molecule has 1 aromatic heterocycles. The molecule has 2 unspecified atom stereocenters. The van der Waals surface area contributed by atoms with Crippen LogP contribution in [0.3, 0.4) is 0 Å². The number of hydrogen-bond acceptors (Lipinski definition) is 5. The number of halogens is 1. The second-order valence-electron chi connectivity index (χ2n) is 6.83. The van der Waals surface area contributed by atoms with Crippen molar-refractivity contribution in [2.45, 2.75) is 32.4 Å². The lowest BCUT2D eigenvalue weighted by Crippen LogP contribution is -2.27. The number of fused-ring (bicyclic) bond motifs is 3. The van der Waals surface area contributed by atoms with Crippen LogP contribution in [0.5, 0.6) is 5.75 Å². The standard InChI is InChI=1S/C19H22BrN3O3/c1-10-16-15(5-3-11-9-22-23-17(11)16)26-18(10)19(24)21-8-12-7-13(20)4-6-14(12)25-2/h4,6-7,11,17,22-23H,3,5,8-9H2,1-2H3,(H,21,24). The van der Waals surface area contributed by atoms with Crippen molar-refractivity contribution in [3.63, 3.8) is 0 Å².